The molecule has 3 nitrogen and oxygen atoms in total. The van der Waals surface area contributed by atoms with Crippen molar-refractivity contribution in [2.24, 2.45) is 0 Å². The van der Waals surface area contributed by atoms with Crippen LogP contribution in [0.2, 0.25) is 0 Å². The van der Waals surface area contributed by atoms with Crippen LogP contribution in [0.3, 0.4) is 0 Å². The van der Waals surface area contributed by atoms with Gasteiger partial charge in [-0.2, -0.15) is 70.2 Å². The van der Waals surface area contributed by atoms with Gasteiger partial charge in [0.2, 0.25) is 0 Å². The first-order valence-electron chi connectivity index (χ1n) is 6.97. The van der Waals surface area contributed by atoms with Crippen molar-refractivity contribution in [2.45, 2.75) is 60.9 Å². The third kappa shape index (κ3) is 5.04. The highest BCUT2D eigenvalue weighted by atomic mass is 19.4. The van der Waals surface area contributed by atoms with Crippen molar-refractivity contribution in [3.63, 3.8) is 0 Å². The third-order valence-corrected chi connectivity index (χ3v) is 3.34. The zero-order chi connectivity index (χ0) is 25.1. The second-order valence-corrected chi connectivity index (χ2v) is 5.79. The van der Waals surface area contributed by atoms with Crippen molar-refractivity contribution in [1.82, 2.24) is 0 Å². The summed E-state index contributed by atoms with van der Waals surface area (Å²) in [6, 6.07) is 0. The standard InChI is InChI=1S/C11H5F17O3/c12-4(7(16,17)18,1-3-2-29-3)30-11(27,28)6(15,9(22,23)24)31-10(25,26)5(13,14)8(19,20)21/h3H,1-2H2. The predicted octanol–water partition coefficient (Wildman–Crippen LogP) is 5.65. The molecule has 0 aromatic rings. The molecular weight excluding hydrogens is 503 g/mol. The van der Waals surface area contributed by atoms with Crippen LogP contribution in [0.5, 0.6) is 0 Å². The van der Waals surface area contributed by atoms with E-state index >= 15 is 0 Å². The Labute approximate surface area is 158 Å². The minimum Gasteiger partial charge on any atom is -0.373 e. The third-order valence-electron chi connectivity index (χ3n) is 3.34. The Kier molecular flexibility index (Phi) is 6.58. The van der Waals surface area contributed by atoms with E-state index in [9.17, 15) is 74.6 Å². The summed E-state index contributed by atoms with van der Waals surface area (Å²) < 4.78 is 225. The zero-order valence-electron chi connectivity index (χ0n) is 13.6. The molecule has 0 aliphatic carbocycles. The Morgan fingerprint density at radius 1 is 0.581 bits per heavy atom. The molecule has 0 aromatic carbocycles. The fourth-order valence-electron chi connectivity index (χ4n) is 1.65. The van der Waals surface area contributed by atoms with Gasteiger partial charge in [0, 0.05) is 6.42 Å². The molecule has 0 N–H and O–H groups in total. The van der Waals surface area contributed by atoms with Crippen LogP contribution < -0.4 is 0 Å². The van der Waals surface area contributed by atoms with E-state index in [1.807, 2.05) is 0 Å². The van der Waals surface area contributed by atoms with Gasteiger partial charge in [-0.25, -0.2) is 4.39 Å². The zero-order valence-corrected chi connectivity index (χ0v) is 13.6. The van der Waals surface area contributed by atoms with Crippen molar-refractivity contribution in [2.75, 3.05) is 6.61 Å². The van der Waals surface area contributed by atoms with Crippen LogP contribution >= 0.6 is 0 Å². The Hall–Kier alpha value is -1.31. The van der Waals surface area contributed by atoms with Gasteiger partial charge in [0.05, 0.1) is 12.7 Å². The highest BCUT2D eigenvalue weighted by Gasteiger charge is 2.85. The first-order valence-corrected chi connectivity index (χ1v) is 6.97. The number of hydrogen-bond donors (Lipinski definition) is 0. The lowest BCUT2D eigenvalue weighted by Crippen LogP contribution is -2.67. The van der Waals surface area contributed by atoms with E-state index in [1.165, 1.54) is 4.74 Å². The fourth-order valence-corrected chi connectivity index (χ4v) is 1.65. The average molecular weight is 508 g/mol. The summed E-state index contributed by atoms with van der Waals surface area (Å²) in [5, 5.41) is 0. The molecule has 1 fully saturated rings. The predicted molar refractivity (Wildman–Crippen MR) is 57.2 cm³/mol. The summed E-state index contributed by atoms with van der Waals surface area (Å²) >= 11 is 0. The molecule has 31 heavy (non-hydrogen) atoms. The maximum atomic E-state index is 13.8. The fraction of sp³-hybridized carbons (Fsp3) is 1.00. The Morgan fingerprint density at radius 2 is 1.00 bits per heavy atom. The van der Waals surface area contributed by atoms with E-state index in [4.69, 9.17) is 0 Å². The quantitative estimate of drug-likeness (QED) is 0.314. The number of ether oxygens (including phenoxy) is 3. The maximum absolute atomic E-state index is 13.8. The van der Waals surface area contributed by atoms with Crippen molar-refractivity contribution in [3.05, 3.63) is 0 Å². The lowest BCUT2D eigenvalue weighted by Gasteiger charge is -2.40. The second kappa shape index (κ2) is 7.35. The van der Waals surface area contributed by atoms with Crippen LogP contribution in [0.1, 0.15) is 6.42 Å². The molecule has 0 saturated carbocycles. The van der Waals surface area contributed by atoms with Gasteiger partial charge in [-0.15, -0.1) is 0 Å². The first-order chi connectivity index (χ1) is 13.2. The lowest BCUT2D eigenvalue weighted by atomic mass is 10.1. The van der Waals surface area contributed by atoms with E-state index in [0.29, 0.717) is 0 Å². The summed E-state index contributed by atoms with van der Waals surface area (Å²) in [6.45, 7) is -0.802. The number of hydrogen-bond acceptors (Lipinski definition) is 3. The summed E-state index contributed by atoms with van der Waals surface area (Å²) in [6.07, 6.45) is -41.8. The molecule has 1 aliphatic heterocycles. The first kappa shape index (κ1) is 27.7. The molecule has 1 aliphatic rings. The highest BCUT2D eigenvalue weighted by Crippen LogP contribution is 2.57. The largest absolute Gasteiger partial charge is 0.462 e. The lowest BCUT2D eigenvalue weighted by molar-refractivity contribution is -0.552. The van der Waals surface area contributed by atoms with Gasteiger partial charge in [0.15, 0.2) is 0 Å². The summed E-state index contributed by atoms with van der Waals surface area (Å²) in [5.74, 6) is -21.6. The maximum Gasteiger partial charge on any atom is 0.462 e. The molecule has 3 atom stereocenters. The highest BCUT2D eigenvalue weighted by molar-refractivity contribution is 4.95. The van der Waals surface area contributed by atoms with Crippen LogP contribution in [0, 0.1) is 0 Å². The van der Waals surface area contributed by atoms with E-state index in [1.54, 1.807) is 0 Å². The van der Waals surface area contributed by atoms with Gasteiger partial charge in [-0.05, 0) is 0 Å². The Balaban J connectivity index is 3.48. The topological polar surface area (TPSA) is 31.0 Å². The molecule has 1 rings (SSSR count). The van der Waals surface area contributed by atoms with Crippen molar-refractivity contribution < 1.29 is 88.8 Å². The Morgan fingerprint density at radius 3 is 1.29 bits per heavy atom. The number of epoxide rings is 1. The minimum atomic E-state index is -7.84. The SMILES string of the molecule is FC(F)(F)C(F)(CC1CO1)OC(F)(F)C(F)(OC(F)(F)C(F)(F)C(F)(F)F)C(F)(F)F. The van der Waals surface area contributed by atoms with Gasteiger partial charge in [0.25, 0.3) is 0 Å². The normalized spacial score (nSPS) is 23.3. The smallest absolute Gasteiger partial charge is 0.373 e. The van der Waals surface area contributed by atoms with E-state index < -0.39 is 67.5 Å². The molecule has 0 radical (unpaired) electrons. The molecule has 20 heteroatoms. The van der Waals surface area contributed by atoms with Gasteiger partial charge < -0.3 is 4.74 Å². The number of alkyl halides is 17. The molecule has 186 valence electrons. The Bertz CT molecular complexity index is 647. The summed E-state index contributed by atoms with van der Waals surface area (Å²) in [7, 11) is 0. The number of halogens is 17. The second-order valence-electron chi connectivity index (χ2n) is 5.79. The average Bonchev–Trinajstić information content (AvgIpc) is 3.25. The van der Waals surface area contributed by atoms with Crippen LogP contribution in [0.4, 0.5) is 74.6 Å². The molecule has 1 saturated heterocycles. The molecule has 0 aromatic heterocycles. The number of rotatable bonds is 8. The van der Waals surface area contributed by atoms with Crippen LogP contribution in [0.25, 0.3) is 0 Å². The molecular formula is C11H5F17O3. The molecule has 3 unspecified atom stereocenters. The van der Waals surface area contributed by atoms with Crippen molar-refractivity contribution in [3.8, 4) is 0 Å². The monoisotopic (exact) mass is 508 g/mol. The van der Waals surface area contributed by atoms with E-state index in [2.05, 4.69) is 9.47 Å². The summed E-state index contributed by atoms with van der Waals surface area (Å²) in [4.78, 5) is 0. The molecule has 0 bridgehead atoms. The molecule has 0 amide bonds. The van der Waals surface area contributed by atoms with Gasteiger partial charge in [-0.3, -0.25) is 9.47 Å². The van der Waals surface area contributed by atoms with Crippen LogP contribution in [0.15, 0.2) is 0 Å². The molecule has 1 heterocycles. The minimum absolute atomic E-state index is 0.802. The van der Waals surface area contributed by atoms with Gasteiger partial charge >= 0.3 is 48.4 Å². The van der Waals surface area contributed by atoms with Crippen LogP contribution in [-0.2, 0) is 14.2 Å². The van der Waals surface area contributed by atoms with Gasteiger partial charge in [0.1, 0.15) is 0 Å². The van der Waals surface area contributed by atoms with E-state index in [-0.39, 0.29) is 0 Å². The van der Waals surface area contributed by atoms with E-state index in [0.717, 1.165) is 0 Å². The van der Waals surface area contributed by atoms with Crippen molar-refractivity contribution in [1.29, 1.82) is 0 Å². The summed E-state index contributed by atoms with van der Waals surface area (Å²) in [5.41, 5.74) is 0. The van der Waals surface area contributed by atoms with Crippen LogP contribution in [-0.4, -0.2) is 61.1 Å². The van der Waals surface area contributed by atoms with Gasteiger partial charge in [-0.1, -0.05) is 0 Å². The van der Waals surface area contributed by atoms with Crippen molar-refractivity contribution >= 4 is 0 Å². The molecule has 0 spiro atoms.